The molecule has 1 rings (SSSR count). The summed E-state index contributed by atoms with van der Waals surface area (Å²) in [4.78, 5) is 24.9. The van der Waals surface area contributed by atoms with E-state index in [4.69, 9.17) is 5.11 Å². The van der Waals surface area contributed by atoms with Gasteiger partial charge in [-0.25, -0.2) is 0 Å². The number of nitrogens with zero attached hydrogens (tertiary/aromatic N) is 1. The number of carboxylic acids is 1. The third-order valence-corrected chi connectivity index (χ3v) is 3.86. The number of aliphatic carboxylic acids is 1. The van der Waals surface area contributed by atoms with E-state index in [1.807, 2.05) is 4.90 Å². The van der Waals surface area contributed by atoms with E-state index in [9.17, 15) is 9.59 Å². The van der Waals surface area contributed by atoms with E-state index in [0.717, 1.165) is 32.4 Å². The molecular formula is C13H23NO3. The first-order valence-electron chi connectivity index (χ1n) is 6.45. The molecule has 0 aromatic carbocycles. The predicted molar refractivity (Wildman–Crippen MR) is 65.6 cm³/mol. The summed E-state index contributed by atoms with van der Waals surface area (Å²) in [7, 11) is 0. The number of carboxylic acid groups (broad SMARTS) is 1. The topological polar surface area (TPSA) is 57.6 Å². The van der Waals surface area contributed by atoms with Crippen LogP contribution < -0.4 is 0 Å². The third kappa shape index (κ3) is 3.72. The van der Waals surface area contributed by atoms with Crippen molar-refractivity contribution >= 4 is 11.9 Å². The average Bonchev–Trinajstić information content (AvgIpc) is 2.51. The molecule has 4 nitrogen and oxygen atoms in total. The average molecular weight is 241 g/mol. The molecule has 1 amide bonds. The van der Waals surface area contributed by atoms with Crippen molar-refractivity contribution in [3.05, 3.63) is 0 Å². The Bertz CT molecular complexity index is 290. The second-order valence-electron chi connectivity index (χ2n) is 5.28. The van der Waals surface area contributed by atoms with Crippen molar-refractivity contribution in [1.82, 2.24) is 4.90 Å². The molecule has 4 heteroatoms. The summed E-state index contributed by atoms with van der Waals surface area (Å²) in [5.41, 5.74) is 0. The first kappa shape index (κ1) is 14.0. The van der Waals surface area contributed by atoms with Gasteiger partial charge in [0.25, 0.3) is 0 Å². The molecule has 1 fully saturated rings. The number of hydrogen-bond acceptors (Lipinski definition) is 2. The molecule has 0 bridgehead atoms. The Labute approximate surface area is 103 Å². The van der Waals surface area contributed by atoms with Gasteiger partial charge in [-0.1, -0.05) is 20.8 Å². The van der Waals surface area contributed by atoms with E-state index in [1.165, 1.54) is 0 Å². The standard InChI is InChI=1S/C13H23NO3/c1-9-5-4-7-14(8-6-9)12(15)10(2)11(3)13(16)17/h9-11H,4-8H2,1-3H3,(H,16,17). The molecule has 1 heterocycles. The Morgan fingerprint density at radius 3 is 2.41 bits per heavy atom. The molecule has 3 atom stereocenters. The Kier molecular flexibility index (Phi) is 4.97. The highest BCUT2D eigenvalue weighted by molar-refractivity contribution is 5.84. The van der Waals surface area contributed by atoms with Gasteiger partial charge in [0, 0.05) is 19.0 Å². The second-order valence-corrected chi connectivity index (χ2v) is 5.28. The molecule has 0 spiro atoms. The van der Waals surface area contributed by atoms with E-state index >= 15 is 0 Å². The first-order valence-corrected chi connectivity index (χ1v) is 6.45. The highest BCUT2D eigenvalue weighted by atomic mass is 16.4. The zero-order valence-electron chi connectivity index (χ0n) is 11.0. The highest BCUT2D eigenvalue weighted by Crippen LogP contribution is 2.20. The van der Waals surface area contributed by atoms with Crippen molar-refractivity contribution in [3.8, 4) is 0 Å². The molecule has 3 unspecified atom stereocenters. The van der Waals surface area contributed by atoms with Crippen LogP contribution >= 0.6 is 0 Å². The first-order chi connectivity index (χ1) is 7.93. The molecule has 1 aliphatic heterocycles. The van der Waals surface area contributed by atoms with Crippen LogP contribution in [0.5, 0.6) is 0 Å². The lowest BCUT2D eigenvalue weighted by atomic mass is 9.94. The molecule has 1 aliphatic rings. The summed E-state index contributed by atoms with van der Waals surface area (Å²) in [5, 5.41) is 8.93. The van der Waals surface area contributed by atoms with Crippen LogP contribution in [0.15, 0.2) is 0 Å². The maximum absolute atomic E-state index is 12.2. The van der Waals surface area contributed by atoms with Crippen LogP contribution in [-0.2, 0) is 9.59 Å². The summed E-state index contributed by atoms with van der Waals surface area (Å²) in [6, 6.07) is 0. The van der Waals surface area contributed by atoms with E-state index in [2.05, 4.69) is 6.92 Å². The Hall–Kier alpha value is -1.06. The highest BCUT2D eigenvalue weighted by Gasteiger charge is 2.30. The molecule has 17 heavy (non-hydrogen) atoms. The maximum Gasteiger partial charge on any atom is 0.307 e. The second kappa shape index (κ2) is 6.03. The van der Waals surface area contributed by atoms with Crippen molar-refractivity contribution in [2.24, 2.45) is 17.8 Å². The zero-order chi connectivity index (χ0) is 13.0. The molecular weight excluding hydrogens is 218 g/mol. The van der Waals surface area contributed by atoms with Gasteiger partial charge in [-0.2, -0.15) is 0 Å². The van der Waals surface area contributed by atoms with Crippen molar-refractivity contribution in [2.75, 3.05) is 13.1 Å². The molecule has 0 aromatic heterocycles. The Balaban J connectivity index is 2.59. The van der Waals surface area contributed by atoms with E-state index in [-0.39, 0.29) is 5.91 Å². The summed E-state index contributed by atoms with van der Waals surface area (Å²) in [5.74, 6) is -1.27. The lowest BCUT2D eigenvalue weighted by Gasteiger charge is -2.26. The van der Waals surface area contributed by atoms with Crippen LogP contribution in [0.3, 0.4) is 0 Å². The zero-order valence-corrected chi connectivity index (χ0v) is 11.0. The summed E-state index contributed by atoms with van der Waals surface area (Å²) in [6.07, 6.45) is 3.22. The Morgan fingerprint density at radius 2 is 1.82 bits per heavy atom. The van der Waals surface area contributed by atoms with Gasteiger partial charge in [0.05, 0.1) is 5.92 Å². The lowest BCUT2D eigenvalue weighted by Crippen LogP contribution is -2.39. The van der Waals surface area contributed by atoms with Gasteiger partial charge in [0.15, 0.2) is 0 Å². The Morgan fingerprint density at radius 1 is 1.18 bits per heavy atom. The number of hydrogen-bond donors (Lipinski definition) is 1. The lowest BCUT2D eigenvalue weighted by molar-refractivity contribution is -0.149. The van der Waals surface area contributed by atoms with Gasteiger partial charge in [0.2, 0.25) is 5.91 Å². The molecule has 98 valence electrons. The van der Waals surface area contributed by atoms with Gasteiger partial charge in [-0.15, -0.1) is 0 Å². The van der Waals surface area contributed by atoms with Gasteiger partial charge in [-0.05, 0) is 25.2 Å². The van der Waals surface area contributed by atoms with Crippen molar-refractivity contribution in [1.29, 1.82) is 0 Å². The van der Waals surface area contributed by atoms with Crippen LogP contribution in [0.1, 0.15) is 40.0 Å². The number of rotatable bonds is 3. The summed E-state index contributed by atoms with van der Waals surface area (Å²) < 4.78 is 0. The number of likely N-dealkylation sites (tertiary alicyclic amines) is 1. The van der Waals surface area contributed by atoms with Crippen LogP contribution in [0.4, 0.5) is 0 Å². The molecule has 0 aromatic rings. The van der Waals surface area contributed by atoms with Gasteiger partial charge in [0.1, 0.15) is 0 Å². The van der Waals surface area contributed by atoms with Crippen molar-refractivity contribution in [2.45, 2.75) is 40.0 Å². The van der Waals surface area contributed by atoms with Crippen LogP contribution in [0, 0.1) is 17.8 Å². The normalized spacial score (nSPS) is 24.9. The quantitative estimate of drug-likeness (QED) is 0.822. The molecule has 1 N–H and O–H groups in total. The molecule has 0 saturated carbocycles. The largest absolute Gasteiger partial charge is 0.481 e. The molecule has 0 aliphatic carbocycles. The van der Waals surface area contributed by atoms with Crippen LogP contribution in [0.25, 0.3) is 0 Å². The van der Waals surface area contributed by atoms with E-state index in [0.29, 0.717) is 5.92 Å². The summed E-state index contributed by atoms with van der Waals surface area (Å²) in [6.45, 7) is 7.08. The third-order valence-electron chi connectivity index (χ3n) is 3.86. The maximum atomic E-state index is 12.2. The fraction of sp³-hybridized carbons (Fsp3) is 0.846. The van der Waals surface area contributed by atoms with Crippen LogP contribution in [0.2, 0.25) is 0 Å². The van der Waals surface area contributed by atoms with Gasteiger partial charge in [-0.3, -0.25) is 9.59 Å². The van der Waals surface area contributed by atoms with E-state index in [1.54, 1.807) is 13.8 Å². The van der Waals surface area contributed by atoms with Crippen molar-refractivity contribution in [3.63, 3.8) is 0 Å². The number of carbonyl (C=O) groups is 2. The minimum Gasteiger partial charge on any atom is -0.481 e. The molecule has 0 radical (unpaired) electrons. The monoisotopic (exact) mass is 241 g/mol. The van der Waals surface area contributed by atoms with Gasteiger partial charge >= 0.3 is 5.97 Å². The fourth-order valence-corrected chi connectivity index (χ4v) is 2.20. The minimum atomic E-state index is -0.894. The fourth-order valence-electron chi connectivity index (χ4n) is 2.20. The van der Waals surface area contributed by atoms with Crippen LogP contribution in [-0.4, -0.2) is 35.0 Å². The number of carbonyl (C=O) groups excluding carboxylic acids is 1. The van der Waals surface area contributed by atoms with Crippen molar-refractivity contribution < 1.29 is 14.7 Å². The summed E-state index contributed by atoms with van der Waals surface area (Å²) >= 11 is 0. The predicted octanol–water partition coefficient (Wildman–Crippen LogP) is 1.99. The van der Waals surface area contributed by atoms with E-state index < -0.39 is 17.8 Å². The minimum absolute atomic E-state index is 0.00556. The smallest absolute Gasteiger partial charge is 0.307 e. The number of amides is 1. The van der Waals surface area contributed by atoms with Gasteiger partial charge < -0.3 is 10.0 Å². The molecule has 1 saturated heterocycles. The SMILES string of the molecule is CC1CCCN(C(=O)C(C)C(C)C(=O)O)CC1.